The fourth-order valence-corrected chi connectivity index (χ4v) is 2.40. The van der Waals surface area contributed by atoms with Crippen molar-refractivity contribution in [2.75, 3.05) is 5.73 Å². The van der Waals surface area contributed by atoms with Gasteiger partial charge in [-0.15, -0.1) is 0 Å². The van der Waals surface area contributed by atoms with Gasteiger partial charge in [0.05, 0.1) is 0 Å². The number of carbonyl (C=O) groups excluding carboxylic acids is 1. The molecule has 0 bridgehead atoms. The topological polar surface area (TPSA) is 55.1 Å². The van der Waals surface area contributed by atoms with Crippen LogP contribution < -0.4 is 11.1 Å². The highest BCUT2D eigenvalue weighted by Crippen LogP contribution is 2.13. The van der Waals surface area contributed by atoms with Gasteiger partial charge in [0.2, 0.25) is 5.91 Å². The van der Waals surface area contributed by atoms with Crippen LogP contribution in [0.2, 0.25) is 0 Å². The molecule has 2 rings (SSSR count). The third-order valence-electron chi connectivity index (χ3n) is 3.57. The van der Waals surface area contributed by atoms with E-state index < -0.39 is 0 Å². The van der Waals surface area contributed by atoms with E-state index >= 15 is 0 Å². The van der Waals surface area contributed by atoms with Gasteiger partial charge in [0, 0.05) is 18.2 Å². The largest absolute Gasteiger partial charge is 0.399 e. The second-order valence-corrected chi connectivity index (χ2v) is 5.46. The van der Waals surface area contributed by atoms with Crippen LogP contribution in [0.15, 0.2) is 48.5 Å². The quantitative estimate of drug-likeness (QED) is 0.806. The highest BCUT2D eigenvalue weighted by molar-refractivity contribution is 5.76. The number of amides is 1. The molecule has 0 aliphatic rings. The number of benzene rings is 2. The first-order valence-electron chi connectivity index (χ1n) is 7.42. The van der Waals surface area contributed by atoms with E-state index in [-0.39, 0.29) is 17.8 Å². The summed E-state index contributed by atoms with van der Waals surface area (Å²) in [5.41, 5.74) is 8.14. The molecule has 1 unspecified atom stereocenters. The van der Waals surface area contributed by atoms with E-state index in [9.17, 15) is 9.18 Å². The van der Waals surface area contributed by atoms with Gasteiger partial charge in [-0.1, -0.05) is 36.4 Å². The van der Waals surface area contributed by atoms with Crippen LogP contribution in [-0.4, -0.2) is 11.9 Å². The van der Waals surface area contributed by atoms with Crippen LogP contribution in [0.3, 0.4) is 0 Å². The average Bonchev–Trinajstić information content (AvgIpc) is 2.49. The van der Waals surface area contributed by atoms with Crippen LogP contribution in [0, 0.1) is 5.82 Å². The molecule has 2 aromatic rings. The van der Waals surface area contributed by atoms with Gasteiger partial charge in [-0.25, -0.2) is 4.39 Å². The Labute approximate surface area is 130 Å². The molecule has 0 saturated heterocycles. The van der Waals surface area contributed by atoms with E-state index in [0.717, 1.165) is 5.56 Å². The molecule has 0 heterocycles. The van der Waals surface area contributed by atoms with Crippen molar-refractivity contribution in [2.45, 2.75) is 32.2 Å². The minimum atomic E-state index is -0.236. The number of rotatable bonds is 6. The molecule has 22 heavy (non-hydrogen) atoms. The predicted molar refractivity (Wildman–Crippen MR) is 86.9 cm³/mol. The summed E-state index contributed by atoms with van der Waals surface area (Å²) in [5.74, 6) is -0.284. The molecule has 3 nitrogen and oxygen atoms in total. The number of anilines is 1. The number of hydrogen-bond acceptors (Lipinski definition) is 2. The first-order valence-corrected chi connectivity index (χ1v) is 7.42. The van der Waals surface area contributed by atoms with Crippen LogP contribution in [-0.2, 0) is 17.6 Å². The van der Waals surface area contributed by atoms with E-state index in [4.69, 9.17) is 5.73 Å². The highest BCUT2D eigenvalue weighted by atomic mass is 19.1. The Kier molecular flexibility index (Phi) is 5.53. The van der Waals surface area contributed by atoms with Gasteiger partial charge in [0.1, 0.15) is 5.82 Å². The van der Waals surface area contributed by atoms with Crippen LogP contribution in [0.5, 0.6) is 0 Å². The molecule has 0 fully saturated rings. The lowest BCUT2D eigenvalue weighted by Gasteiger charge is -2.14. The smallest absolute Gasteiger partial charge is 0.220 e. The maximum Gasteiger partial charge on any atom is 0.220 e. The molecule has 0 aromatic heterocycles. The molecule has 0 saturated carbocycles. The van der Waals surface area contributed by atoms with Crippen molar-refractivity contribution in [1.29, 1.82) is 0 Å². The standard InChI is InChI=1S/C18H21FN2O/c1-13(12-15-7-2-4-8-16(15)19)21-18(22)11-10-14-6-3-5-9-17(14)20/h2-9,13H,10-12,20H2,1H3,(H,21,22). The van der Waals surface area contributed by atoms with Crippen LogP contribution in [0.4, 0.5) is 10.1 Å². The molecule has 1 atom stereocenters. The predicted octanol–water partition coefficient (Wildman–Crippen LogP) is 3.09. The van der Waals surface area contributed by atoms with E-state index in [1.165, 1.54) is 6.07 Å². The zero-order chi connectivity index (χ0) is 15.9. The molecule has 0 radical (unpaired) electrons. The molecule has 2 aromatic carbocycles. The number of halogens is 1. The van der Waals surface area contributed by atoms with Crippen molar-refractivity contribution in [2.24, 2.45) is 0 Å². The number of para-hydroxylation sites is 1. The second-order valence-electron chi connectivity index (χ2n) is 5.46. The van der Waals surface area contributed by atoms with Crippen molar-refractivity contribution in [1.82, 2.24) is 5.32 Å². The maximum atomic E-state index is 13.6. The second kappa shape index (κ2) is 7.59. The summed E-state index contributed by atoms with van der Waals surface area (Å²) in [6, 6.07) is 14.0. The maximum absolute atomic E-state index is 13.6. The van der Waals surface area contributed by atoms with E-state index in [0.29, 0.717) is 30.5 Å². The molecule has 4 heteroatoms. The van der Waals surface area contributed by atoms with Crippen molar-refractivity contribution in [3.8, 4) is 0 Å². The molecular formula is C18H21FN2O. The first-order chi connectivity index (χ1) is 10.6. The molecular weight excluding hydrogens is 279 g/mol. The molecule has 116 valence electrons. The van der Waals surface area contributed by atoms with E-state index in [1.54, 1.807) is 18.2 Å². The van der Waals surface area contributed by atoms with Crippen LogP contribution in [0.25, 0.3) is 0 Å². The fraction of sp³-hybridized carbons (Fsp3) is 0.278. The molecule has 3 N–H and O–H groups in total. The number of nitrogen functional groups attached to an aromatic ring is 1. The van der Waals surface area contributed by atoms with Crippen molar-refractivity contribution < 1.29 is 9.18 Å². The monoisotopic (exact) mass is 300 g/mol. The minimum absolute atomic E-state index is 0.0490. The lowest BCUT2D eigenvalue weighted by molar-refractivity contribution is -0.121. The Morgan fingerprint density at radius 2 is 1.77 bits per heavy atom. The SMILES string of the molecule is CC(Cc1ccccc1F)NC(=O)CCc1ccccc1N. The van der Waals surface area contributed by atoms with Gasteiger partial charge >= 0.3 is 0 Å². The summed E-state index contributed by atoms with van der Waals surface area (Å²) in [6.45, 7) is 1.88. The third kappa shape index (κ3) is 4.58. The van der Waals surface area contributed by atoms with Gasteiger partial charge in [-0.05, 0) is 43.0 Å². The van der Waals surface area contributed by atoms with Crippen molar-refractivity contribution in [3.63, 3.8) is 0 Å². The lowest BCUT2D eigenvalue weighted by atomic mass is 10.1. The zero-order valence-corrected chi connectivity index (χ0v) is 12.7. The minimum Gasteiger partial charge on any atom is -0.399 e. The number of hydrogen-bond donors (Lipinski definition) is 2. The van der Waals surface area contributed by atoms with Crippen molar-refractivity contribution >= 4 is 11.6 Å². The number of aryl methyl sites for hydroxylation is 1. The van der Waals surface area contributed by atoms with Gasteiger partial charge < -0.3 is 11.1 Å². The Morgan fingerprint density at radius 3 is 2.45 bits per heavy atom. The highest BCUT2D eigenvalue weighted by Gasteiger charge is 2.11. The fourth-order valence-electron chi connectivity index (χ4n) is 2.40. The molecule has 0 spiro atoms. The summed E-state index contributed by atoms with van der Waals surface area (Å²) in [4.78, 5) is 12.0. The number of nitrogens with two attached hydrogens (primary N) is 1. The number of carbonyl (C=O) groups is 1. The van der Waals surface area contributed by atoms with Gasteiger partial charge in [-0.3, -0.25) is 4.79 Å². The summed E-state index contributed by atoms with van der Waals surface area (Å²) < 4.78 is 13.6. The van der Waals surface area contributed by atoms with E-state index in [1.807, 2.05) is 31.2 Å². The van der Waals surface area contributed by atoms with Gasteiger partial charge in [-0.2, -0.15) is 0 Å². The van der Waals surface area contributed by atoms with Crippen LogP contribution in [0.1, 0.15) is 24.5 Å². The molecule has 0 aliphatic heterocycles. The Balaban J connectivity index is 1.82. The first kappa shape index (κ1) is 16.0. The van der Waals surface area contributed by atoms with Gasteiger partial charge in [0.25, 0.3) is 0 Å². The summed E-state index contributed by atoms with van der Waals surface area (Å²) in [7, 11) is 0. The van der Waals surface area contributed by atoms with E-state index in [2.05, 4.69) is 5.32 Å². The zero-order valence-electron chi connectivity index (χ0n) is 12.7. The lowest BCUT2D eigenvalue weighted by Crippen LogP contribution is -2.34. The van der Waals surface area contributed by atoms with Crippen molar-refractivity contribution in [3.05, 3.63) is 65.5 Å². The summed E-state index contributed by atoms with van der Waals surface area (Å²) in [5, 5.41) is 2.90. The Hall–Kier alpha value is -2.36. The third-order valence-corrected chi connectivity index (χ3v) is 3.57. The molecule has 0 aliphatic carbocycles. The summed E-state index contributed by atoms with van der Waals surface area (Å²) in [6.07, 6.45) is 1.45. The average molecular weight is 300 g/mol. The Morgan fingerprint density at radius 1 is 1.14 bits per heavy atom. The Bertz CT molecular complexity index is 642. The number of nitrogens with one attached hydrogen (secondary N) is 1. The normalized spacial score (nSPS) is 11.9. The van der Waals surface area contributed by atoms with Gasteiger partial charge in [0.15, 0.2) is 0 Å². The van der Waals surface area contributed by atoms with Crippen LogP contribution >= 0.6 is 0 Å². The summed E-state index contributed by atoms with van der Waals surface area (Å²) >= 11 is 0. The molecule has 1 amide bonds.